The molecule has 0 radical (unpaired) electrons. The van der Waals surface area contributed by atoms with Gasteiger partial charge in [0.25, 0.3) is 0 Å². The molecule has 0 saturated carbocycles. The van der Waals surface area contributed by atoms with Crippen molar-refractivity contribution in [1.29, 1.82) is 0 Å². The van der Waals surface area contributed by atoms with Crippen LogP contribution in [0.25, 0.3) is 11.3 Å². The van der Waals surface area contributed by atoms with E-state index in [-0.39, 0.29) is 5.82 Å². The Morgan fingerprint density at radius 1 is 1.18 bits per heavy atom. The van der Waals surface area contributed by atoms with Crippen molar-refractivity contribution in [3.8, 4) is 5.75 Å². The van der Waals surface area contributed by atoms with E-state index in [1.165, 1.54) is 23.8 Å². The largest absolute Gasteiger partial charge is 0.493 e. The Balaban J connectivity index is 1.74. The van der Waals surface area contributed by atoms with Gasteiger partial charge in [-0.25, -0.2) is 9.37 Å². The summed E-state index contributed by atoms with van der Waals surface area (Å²) in [7, 11) is 0. The van der Waals surface area contributed by atoms with Crippen molar-refractivity contribution in [1.82, 2.24) is 10.3 Å². The molecule has 0 saturated heterocycles. The number of aromatic nitrogens is 1. The Labute approximate surface area is 170 Å². The van der Waals surface area contributed by atoms with Gasteiger partial charge in [-0.3, -0.25) is 0 Å². The summed E-state index contributed by atoms with van der Waals surface area (Å²) in [5, 5.41) is 4.09. The van der Waals surface area contributed by atoms with Gasteiger partial charge in [-0.15, -0.1) is 11.3 Å². The van der Waals surface area contributed by atoms with Crippen LogP contribution in [-0.4, -0.2) is 11.6 Å². The summed E-state index contributed by atoms with van der Waals surface area (Å²) in [6, 6.07) is 5.03. The molecule has 1 N–H and O–H groups in total. The number of nitrogens with one attached hydrogen (secondary N) is 1. The molecule has 0 aliphatic carbocycles. The van der Waals surface area contributed by atoms with E-state index in [0.29, 0.717) is 23.6 Å². The summed E-state index contributed by atoms with van der Waals surface area (Å²) in [5.74, 6) is 0.253. The van der Waals surface area contributed by atoms with Crippen LogP contribution < -0.4 is 10.1 Å². The van der Waals surface area contributed by atoms with Gasteiger partial charge in [0.05, 0.1) is 6.61 Å². The number of nitrogens with zero attached hydrogens (tertiary/aromatic N) is 1. The first-order chi connectivity index (χ1) is 13.6. The van der Waals surface area contributed by atoms with Crippen molar-refractivity contribution in [3.63, 3.8) is 0 Å². The second-order valence-corrected chi connectivity index (χ2v) is 7.96. The first-order valence-electron chi connectivity index (χ1n) is 9.87. The fourth-order valence-corrected chi connectivity index (χ4v) is 3.87. The first-order valence-corrected chi connectivity index (χ1v) is 10.7. The molecule has 2 aromatic rings. The lowest BCUT2D eigenvalue weighted by Gasteiger charge is -2.18. The number of halogens is 1. The van der Waals surface area contributed by atoms with Gasteiger partial charge in [0.2, 0.25) is 0 Å². The third-order valence-corrected chi connectivity index (χ3v) is 5.76. The predicted octanol–water partition coefficient (Wildman–Crippen LogP) is 6.35. The smallest absolute Gasteiger partial charge is 0.136 e. The molecule has 0 spiro atoms. The third kappa shape index (κ3) is 5.10. The van der Waals surface area contributed by atoms with E-state index in [2.05, 4.69) is 30.7 Å². The van der Waals surface area contributed by atoms with E-state index in [4.69, 9.17) is 4.74 Å². The number of thiazole rings is 1. The number of aryl methyl sites for hydroxylation is 1. The second-order valence-electron chi connectivity index (χ2n) is 6.84. The maximum atomic E-state index is 14.8. The lowest BCUT2D eigenvalue weighted by molar-refractivity contribution is 0.303. The first kappa shape index (κ1) is 20.3. The van der Waals surface area contributed by atoms with Gasteiger partial charge in [-0.2, -0.15) is 0 Å². The molecule has 2 heterocycles. The van der Waals surface area contributed by atoms with Crippen LogP contribution in [0.15, 0.2) is 48.8 Å². The maximum absolute atomic E-state index is 14.8. The monoisotopic (exact) mass is 398 g/mol. The van der Waals surface area contributed by atoms with Crippen LogP contribution in [-0.2, 0) is 6.42 Å². The number of benzene rings is 1. The van der Waals surface area contributed by atoms with Crippen molar-refractivity contribution in [2.24, 2.45) is 0 Å². The van der Waals surface area contributed by atoms with Crippen LogP contribution >= 0.6 is 11.3 Å². The van der Waals surface area contributed by atoms with E-state index in [9.17, 15) is 4.39 Å². The number of hydrogen-bond donors (Lipinski definition) is 1. The highest BCUT2D eigenvalue weighted by molar-refractivity contribution is 7.12. The van der Waals surface area contributed by atoms with E-state index >= 15 is 0 Å². The topological polar surface area (TPSA) is 34.1 Å². The Bertz CT molecular complexity index is 898. The van der Waals surface area contributed by atoms with Gasteiger partial charge >= 0.3 is 0 Å². The second kappa shape index (κ2) is 9.69. The fraction of sp³-hybridized carbons (Fsp3) is 0.348. The molecule has 1 aromatic heterocycles. The van der Waals surface area contributed by atoms with E-state index in [0.717, 1.165) is 35.5 Å². The average Bonchev–Trinajstić information content (AvgIpc) is 3.17. The molecule has 3 rings (SSSR count). The highest BCUT2D eigenvalue weighted by atomic mass is 32.1. The fourth-order valence-electron chi connectivity index (χ4n) is 3.03. The molecule has 1 aliphatic rings. The van der Waals surface area contributed by atoms with Gasteiger partial charge in [0, 0.05) is 39.7 Å². The summed E-state index contributed by atoms with van der Waals surface area (Å²) in [6.45, 7) is 8.91. The zero-order valence-electron chi connectivity index (χ0n) is 16.6. The molecule has 0 unspecified atom stereocenters. The zero-order valence-corrected chi connectivity index (χ0v) is 17.4. The molecule has 0 bridgehead atoms. The van der Waals surface area contributed by atoms with E-state index in [1.54, 1.807) is 17.4 Å². The van der Waals surface area contributed by atoms with Crippen molar-refractivity contribution < 1.29 is 9.13 Å². The molecule has 5 heteroatoms. The van der Waals surface area contributed by atoms with Gasteiger partial charge in [0.1, 0.15) is 16.6 Å². The molecular weight excluding hydrogens is 371 g/mol. The van der Waals surface area contributed by atoms with Gasteiger partial charge < -0.3 is 10.1 Å². The molecule has 1 aromatic carbocycles. The predicted molar refractivity (Wildman–Crippen MR) is 116 cm³/mol. The lowest BCUT2D eigenvalue weighted by Crippen LogP contribution is -2.14. The number of ether oxygens (including phenoxy) is 1. The van der Waals surface area contributed by atoms with Crippen LogP contribution in [0, 0.1) is 5.82 Å². The SMILES string of the molecule is C=C1C=C(c2ncc(CC)s2)C=C(c2ccc(OCCCCCC)cc2F)N1. The van der Waals surface area contributed by atoms with Crippen LogP contribution in [0.2, 0.25) is 0 Å². The van der Waals surface area contributed by atoms with Gasteiger partial charge in [-0.05, 0) is 37.1 Å². The van der Waals surface area contributed by atoms with Gasteiger partial charge in [-0.1, -0.05) is 39.7 Å². The van der Waals surface area contributed by atoms with Crippen molar-refractivity contribution in [3.05, 3.63) is 70.1 Å². The quantitative estimate of drug-likeness (QED) is 0.500. The van der Waals surface area contributed by atoms with Crippen molar-refractivity contribution >= 4 is 22.6 Å². The summed E-state index contributed by atoms with van der Waals surface area (Å²) in [6.07, 6.45) is 11.2. The standard InChI is InChI=1S/C23H27FN2OS/c1-4-6-7-8-11-27-18-9-10-20(21(24)14-18)22-13-17(12-16(3)26-22)23-25-15-19(5-2)28-23/h9-10,12-15,26H,3-8,11H2,1-2H3. The zero-order chi connectivity index (χ0) is 19.9. The Kier molecular flexibility index (Phi) is 7.04. The summed E-state index contributed by atoms with van der Waals surface area (Å²) in [5.41, 5.74) is 2.84. The van der Waals surface area contributed by atoms with Crippen LogP contribution in [0.4, 0.5) is 4.39 Å². The van der Waals surface area contributed by atoms with E-state index in [1.807, 2.05) is 24.4 Å². The average molecular weight is 399 g/mol. The molecule has 0 fully saturated rings. The summed E-state index contributed by atoms with van der Waals surface area (Å²) in [4.78, 5) is 5.71. The third-order valence-electron chi connectivity index (χ3n) is 4.57. The Morgan fingerprint density at radius 2 is 2.04 bits per heavy atom. The lowest BCUT2D eigenvalue weighted by atomic mass is 10.0. The highest BCUT2D eigenvalue weighted by Gasteiger charge is 2.16. The Hall–Kier alpha value is -2.40. The van der Waals surface area contributed by atoms with Crippen LogP contribution in [0.3, 0.4) is 0 Å². The molecule has 1 aliphatic heterocycles. The number of dihydropyridines is 1. The number of unbranched alkanes of at least 4 members (excludes halogenated alkanes) is 3. The minimum absolute atomic E-state index is 0.313. The number of rotatable bonds is 9. The highest BCUT2D eigenvalue weighted by Crippen LogP contribution is 2.31. The minimum Gasteiger partial charge on any atom is -0.493 e. The molecule has 148 valence electrons. The van der Waals surface area contributed by atoms with E-state index < -0.39 is 0 Å². The normalized spacial score (nSPS) is 13.8. The molecule has 0 atom stereocenters. The van der Waals surface area contributed by atoms with Crippen molar-refractivity contribution in [2.45, 2.75) is 46.0 Å². The number of allylic oxidation sites excluding steroid dienone is 3. The van der Waals surface area contributed by atoms with Crippen molar-refractivity contribution in [2.75, 3.05) is 6.61 Å². The van der Waals surface area contributed by atoms with Gasteiger partial charge in [0.15, 0.2) is 0 Å². The molecule has 3 nitrogen and oxygen atoms in total. The molecule has 0 amide bonds. The summed E-state index contributed by atoms with van der Waals surface area (Å²) >= 11 is 1.65. The summed E-state index contributed by atoms with van der Waals surface area (Å²) < 4.78 is 20.4. The molecule has 28 heavy (non-hydrogen) atoms. The minimum atomic E-state index is -0.313. The van der Waals surface area contributed by atoms with Crippen LogP contribution in [0.5, 0.6) is 5.75 Å². The van der Waals surface area contributed by atoms with Crippen LogP contribution in [0.1, 0.15) is 55.0 Å². The molecular formula is C23H27FN2OS. The maximum Gasteiger partial charge on any atom is 0.136 e. The Morgan fingerprint density at radius 3 is 2.75 bits per heavy atom. The number of hydrogen-bond acceptors (Lipinski definition) is 4.